The van der Waals surface area contributed by atoms with Crippen molar-refractivity contribution < 1.29 is 4.79 Å². The van der Waals surface area contributed by atoms with Crippen molar-refractivity contribution in [2.75, 3.05) is 34.2 Å². The fourth-order valence-corrected chi connectivity index (χ4v) is 3.08. The highest BCUT2D eigenvalue weighted by atomic mass is 35.5. The molecule has 0 atom stereocenters. The normalized spacial score (nSPS) is 11.2. The second-order valence-corrected chi connectivity index (χ2v) is 7.31. The van der Waals surface area contributed by atoms with Gasteiger partial charge >= 0.3 is 0 Å². The Morgan fingerprint density at radius 1 is 1.07 bits per heavy atom. The minimum absolute atomic E-state index is 0.0138. The van der Waals surface area contributed by atoms with Crippen molar-refractivity contribution in [2.45, 2.75) is 19.9 Å². The first-order chi connectivity index (χ1) is 13.4. The lowest BCUT2D eigenvalue weighted by Gasteiger charge is -2.22. The number of rotatable bonds is 7. The predicted molar refractivity (Wildman–Crippen MR) is 117 cm³/mol. The van der Waals surface area contributed by atoms with Crippen LogP contribution in [0.3, 0.4) is 0 Å². The number of nitrogens with zero attached hydrogens (tertiary/aromatic N) is 3. The third-order valence-electron chi connectivity index (χ3n) is 4.25. The summed E-state index contributed by atoms with van der Waals surface area (Å²) in [7, 11) is 5.54. The summed E-state index contributed by atoms with van der Waals surface area (Å²) in [4.78, 5) is 20.5. The van der Waals surface area contributed by atoms with E-state index < -0.39 is 0 Å². The van der Waals surface area contributed by atoms with Gasteiger partial charge in [-0.3, -0.25) is 9.79 Å². The minimum atomic E-state index is 0.0138. The average molecular weight is 401 g/mol. The van der Waals surface area contributed by atoms with E-state index in [0.717, 1.165) is 41.6 Å². The Balaban J connectivity index is 2.02. The number of benzene rings is 2. The number of amides is 1. The van der Waals surface area contributed by atoms with Crippen molar-refractivity contribution in [1.29, 1.82) is 0 Å². The molecule has 1 N–H and O–H groups in total. The molecule has 150 valence electrons. The van der Waals surface area contributed by atoms with Gasteiger partial charge in [-0.05, 0) is 48.7 Å². The van der Waals surface area contributed by atoms with Gasteiger partial charge in [0.1, 0.15) is 0 Å². The van der Waals surface area contributed by atoms with E-state index in [1.807, 2.05) is 49.5 Å². The molecular weight excluding hydrogens is 372 g/mol. The summed E-state index contributed by atoms with van der Waals surface area (Å²) in [5.74, 6) is 0.864. The molecule has 2 aromatic carbocycles. The van der Waals surface area contributed by atoms with Gasteiger partial charge in [-0.1, -0.05) is 35.9 Å². The molecule has 2 aromatic rings. The second kappa shape index (κ2) is 10.7. The van der Waals surface area contributed by atoms with Gasteiger partial charge in [-0.2, -0.15) is 0 Å². The lowest BCUT2D eigenvalue weighted by molar-refractivity contribution is 0.0827. The van der Waals surface area contributed by atoms with Crippen LogP contribution in [0.2, 0.25) is 5.02 Å². The van der Waals surface area contributed by atoms with E-state index in [2.05, 4.69) is 23.2 Å². The van der Waals surface area contributed by atoms with E-state index in [0.29, 0.717) is 12.1 Å². The summed E-state index contributed by atoms with van der Waals surface area (Å²) in [6.45, 7) is 4.21. The molecule has 1 amide bonds. The fraction of sp³-hybridized carbons (Fsp3) is 0.364. The Morgan fingerprint density at radius 3 is 2.46 bits per heavy atom. The summed E-state index contributed by atoms with van der Waals surface area (Å²) in [5.41, 5.74) is 2.94. The molecule has 0 unspecified atom stereocenters. The summed E-state index contributed by atoms with van der Waals surface area (Å²) < 4.78 is 0. The van der Waals surface area contributed by atoms with Gasteiger partial charge < -0.3 is 15.1 Å². The Hall–Kier alpha value is -2.53. The van der Waals surface area contributed by atoms with Crippen molar-refractivity contribution in [1.82, 2.24) is 15.1 Å². The summed E-state index contributed by atoms with van der Waals surface area (Å²) in [5, 5.41) is 4.07. The number of halogens is 1. The lowest BCUT2D eigenvalue weighted by atomic mass is 10.1. The highest BCUT2D eigenvalue weighted by Gasteiger charge is 2.09. The first-order valence-corrected chi connectivity index (χ1v) is 9.83. The van der Waals surface area contributed by atoms with Gasteiger partial charge in [0, 0.05) is 51.4 Å². The van der Waals surface area contributed by atoms with E-state index in [1.54, 1.807) is 19.0 Å². The maximum absolute atomic E-state index is 12.1. The van der Waals surface area contributed by atoms with Gasteiger partial charge in [0.2, 0.25) is 0 Å². The topological polar surface area (TPSA) is 47.9 Å². The monoisotopic (exact) mass is 400 g/mol. The number of nitrogens with one attached hydrogen (secondary N) is 1. The second-order valence-electron chi connectivity index (χ2n) is 6.87. The molecule has 0 radical (unpaired) electrons. The quantitative estimate of drug-likeness (QED) is 0.569. The van der Waals surface area contributed by atoms with Crippen LogP contribution >= 0.6 is 11.6 Å². The van der Waals surface area contributed by atoms with Gasteiger partial charge in [0.15, 0.2) is 5.96 Å². The summed E-state index contributed by atoms with van der Waals surface area (Å²) >= 11 is 6.08. The molecule has 0 aliphatic rings. The maximum atomic E-state index is 12.1. The standard InChI is InChI=1S/C22H29ClN4O/c1-5-24-22(27(4)16-18-9-7-11-20(23)15-18)25-13-12-17-8-6-10-19(14-17)21(28)26(2)3/h6-11,14-15H,5,12-13,16H2,1-4H3,(H,24,25). The number of hydrogen-bond acceptors (Lipinski definition) is 2. The Bertz CT molecular complexity index is 820. The zero-order valence-corrected chi connectivity index (χ0v) is 17.8. The first-order valence-electron chi connectivity index (χ1n) is 9.45. The average Bonchev–Trinajstić information content (AvgIpc) is 2.67. The van der Waals surface area contributed by atoms with Crippen LogP contribution < -0.4 is 5.32 Å². The minimum Gasteiger partial charge on any atom is -0.357 e. The van der Waals surface area contributed by atoms with Crippen LogP contribution in [-0.2, 0) is 13.0 Å². The third-order valence-corrected chi connectivity index (χ3v) is 4.48. The molecule has 0 saturated heterocycles. The molecule has 0 heterocycles. The number of carbonyl (C=O) groups is 1. The van der Waals surface area contributed by atoms with Crippen LogP contribution in [0.25, 0.3) is 0 Å². The highest BCUT2D eigenvalue weighted by Crippen LogP contribution is 2.12. The third kappa shape index (κ3) is 6.57. The fourth-order valence-electron chi connectivity index (χ4n) is 2.86. The van der Waals surface area contributed by atoms with Gasteiger partial charge in [0.05, 0.1) is 0 Å². The summed E-state index contributed by atoms with van der Waals surface area (Å²) in [6.07, 6.45) is 0.772. The van der Waals surface area contributed by atoms with Gasteiger partial charge in [-0.15, -0.1) is 0 Å². The van der Waals surface area contributed by atoms with E-state index in [4.69, 9.17) is 16.6 Å². The number of hydrogen-bond donors (Lipinski definition) is 1. The smallest absolute Gasteiger partial charge is 0.253 e. The molecule has 2 rings (SSSR count). The molecule has 0 bridgehead atoms. The number of aliphatic imine (C=N–C) groups is 1. The van der Waals surface area contributed by atoms with Crippen LogP contribution in [-0.4, -0.2) is 55.9 Å². The van der Waals surface area contributed by atoms with Crippen molar-refractivity contribution in [3.05, 3.63) is 70.2 Å². The van der Waals surface area contributed by atoms with Crippen LogP contribution in [0.4, 0.5) is 0 Å². The zero-order valence-electron chi connectivity index (χ0n) is 17.1. The van der Waals surface area contributed by atoms with Crippen molar-refractivity contribution in [2.24, 2.45) is 4.99 Å². The highest BCUT2D eigenvalue weighted by molar-refractivity contribution is 6.30. The maximum Gasteiger partial charge on any atom is 0.253 e. The molecule has 0 saturated carbocycles. The van der Waals surface area contributed by atoms with Crippen molar-refractivity contribution >= 4 is 23.5 Å². The Kier molecular flexibility index (Phi) is 8.33. The number of guanidine groups is 1. The predicted octanol–water partition coefficient (Wildman–Crippen LogP) is 3.68. The van der Waals surface area contributed by atoms with E-state index in [1.165, 1.54) is 0 Å². The van der Waals surface area contributed by atoms with E-state index >= 15 is 0 Å². The van der Waals surface area contributed by atoms with Gasteiger partial charge in [-0.25, -0.2) is 0 Å². The van der Waals surface area contributed by atoms with Crippen LogP contribution in [0, 0.1) is 0 Å². The molecule has 0 aromatic heterocycles. The number of carbonyl (C=O) groups excluding carboxylic acids is 1. The SMILES string of the molecule is CCNC(=NCCc1cccc(C(=O)N(C)C)c1)N(C)Cc1cccc(Cl)c1. The van der Waals surface area contributed by atoms with Crippen molar-refractivity contribution in [3.63, 3.8) is 0 Å². The molecule has 6 heteroatoms. The largest absolute Gasteiger partial charge is 0.357 e. The molecule has 0 aliphatic carbocycles. The Morgan fingerprint density at radius 2 is 1.79 bits per heavy atom. The lowest BCUT2D eigenvalue weighted by Crippen LogP contribution is -2.38. The molecular formula is C22H29ClN4O. The first kappa shape index (κ1) is 21.8. The molecule has 5 nitrogen and oxygen atoms in total. The zero-order chi connectivity index (χ0) is 20.5. The Labute approximate surface area is 173 Å². The van der Waals surface area contributed by atoms with E-state index in [-0.39, 0.29) is 5.91 Å². The molecule has 0 fully saturated rings. The van der Waals surface area contributed by atoms with Gasteiger partial charge in [0.25, 0.3) is 5.91 Å². The van der Waals surface area contributed by atoms with Crippen molar-refractivity contribution in [3.8, 4) is 0 Å². The molecule has 0 aliphatic heterocycles. The van der Waals surface area contributed by atoms with Crippen LogP contribution in [0.15, 0.2) is 53.5 Å². The molecule has 0 spiro atoms. The van der Waals surface area contributed by atoms with E-state index in [9.17, 15) is 4.79 Å². The molecule has 28 heavy (non-hydrogen) atoms. The summed E-state index contributed by atoms with van der Waals surface area (Å²) in [6, 6.07) is 15.6. The van der Waals surface area contributed by atoms with Crippen LogP contribution in [0.1, 0.15) is 28.4 Å². The van der Waals surface area contributed by atoms with Crippen LogP contribution in [0.5, 0.6) is 0 Å².